The molecule has 1 aliphatic rings. The smallest absolute Gasteiger partial charge is 0.153 e. The van der Waals surface area contributed by atoms with Crippen molar-refractivity contribution >= 4 is 0 Å². The number of ether oxygens (including phenoxy) is 1. The molecule has 0 fully saturated rings. The summed E-state index contributed by atoms with van der Waals surface area (Å²) in [6.07, 6.45) is 0.903. The number of hydrogen-bond acceptors (Lipinski definition) is 3. The predicted molar refractivity (Wildman–Crippen MR) is 39.1 cm³/mol. The summed E-state index contributed by atoms with van der Waals surface area (Å²) >= 11 is 0. The van der Waals surface area contributed by atoms with Crippen LogP contribution < -0.4 is 0 Å². The van der Waals surface area contributed by atoms with E-state index in [0.29, 0.717) is 6.61 Å². The van der Waals surface area contributed by atoms with Crippen LogP contribution in [0.1, 0.15) is 18.6 Å². The Bertz CT molecular complexity index is 233. The van der Waals surface area contributed by atoms with E-state index in [4.69, 9.17) is 4.74 Å². The fourth-order valence-corrected chi connectivity index (χ4v) is 1.18. The van der Waals surface area contributed by atoms with Crippen LogP contribution in [0.4, 0.5) is 0 Å². The molecule has 0 bridgehead atoms. The average Bonchev–Trinajstić information content (AvgIpc) is 2.46. The van der Waals surface area contributed by atoms with Crippen molar-refractivity contribution in [3.05, 3.63) is 11.6 Å². The van der Waals surface area contributed by atoms with Crippen LogP contribution >= 0.6 is 0 Å². The highest BCUT2D eigenvalue weighted by atomic mass is 16.5. The fourth-order valence-electron chi connectivity index (χ4n) is 1.18. The van der Waals surface area contributed by atoms with Gasteiger partial charge in [-0.1, -0.05) is 6.92 Å². The van der Waals surface area contributed by atoms with E-state index in [0.717, 1.165) is 31.2 Å². The summed E-state index contributed by atoms with van der Waals surface area (Å²) in [4.78, 5) is 4.30. The second-order valence-electron chi connectivity index (χ2n) is 2.57. The molecule has 0 aliphatic carbocycles. The highest BCUT2D eigenvalue weighted by Gasteiger charge is 2.12. The molecule has 1 aromatic heterocycles. The van der Waals surface area contributed by atoms with E-state index in [2.05, 4.69) is 17.0 Å². The fraction of sp³-hybridized carbons (Fsp3) is 0.714. The maximum atomic E-state index is 5.23. The van der Waals surface area contributed by atoms with Gasteiger partial charge in [-0.2, -0.15) is 5.10 Å². The van der Waals surface area contributed by atoms with Gasteiger partial charge in [0.25, 0.3) is 0 Å². The SMILES string of the molecule is CCc1nc2n(n1)CCOC2. The van der Waals surface area contributed by atoms with E-state index >= 15 is 0 Å². The first-order chi connectivity index (χ1) is 5.40. The van der Waals surface area contributed by atoms with Crippen molar-refractivity contribution in [1.29, 1.82) is 0 Å². The Balaban J connectivity index is 2.32. The van der Waals surface area contributed by atoms with Gasteiger partial charge in [-0.05, 0) is 0 Å². The molecule has 0 radical (unpaired) electrons. The van der Waals surface area contributed by atoms with E-state index < -0.39 is 0 Å². The van der Waals surface area contributed by atoms with E-state index in [-0.39, 0.29) is 0 Å². The Morgan fingerprint density at radius 1 is 1.64 bits per heavy atom. The van der Waals surface area contributed by atoms with Crippen molar-refractivity contribution in [3.8, 4) is 0 Å². The zero-order chi connectivity index (χ0) is 7.68. The van der Waals surface area contributed by atoms with Crippen molar-refractivity contribution in [2.75, 3.05) is 6.61 Å². The van der Waals surface area contributed by atoms with Gasteiger partial charge in [0.2, 0.25) is 0 Å². The Morgan fingerprint density at radius 2 is 2.55 bits per heavy atom. The molecule has 0 atom stereocenters. The molecule has 1 aliphatic heterocycles. The molecule has 2 rings (SSSR count). The molecule has 0 saturated carbocycles. The highest BCUT2D eigenvalue weighted by Crippen LogP contribution is 2.06. The van der Waals surface area contributed by atoms with E-state index in [1.54, 1.807) is 0 Å². The number of rotatable bonds is 1. The van der Waals surface area contributed by atoms with Gasteiger partial charge in [-0.25, -0.2) is 9.67 Å². The second kappa shape index (κ2) is 2.62. The van der Waals surface area contributed by atoms with Crippen LogP contribution in [0, 0.1) is 0 Å². The third-order valence-corrected chi connectivity index (χ3v) is 1.79. The standard InChI is InChI=1S/C7H11N3O/c1-2-6-8-7-5-11-4-3-10(7)9-6/h2-5H2,1H3. The minimum atomic E-state index is 0.618. The van der Waals surface area contributed by atoms with E-state index in [1.807, 2.05) is 4.68 Å². The number of aromatic nitrogens is 3. The Labute approximate surface area is 65.2 Å². The van der Waals surface area contributed by atoms with Crippen LogP contribution in [0.25, 0.3) is 0 Å². The van der Waals surface area contributed by atoms with E-state index in [1.165, 1.54) is 0 Å². The molecule has 0 aromatic carbocycles. The molecule has 0 amide bonds. The third kappa shape index (κ3) is 1.14. The second-order valence-corrected chi connectivity index (χ2v) is 2.57. The number of aryl methyl sites for hydroxylation is 1. The molecular formula is C7H11N3O. The molecular weight excluding hydrogens is 142 g/mol. The summed E-state index contributed by atoms with van der Waals surface area (Å²) in [6.45, 7) is 4.29. The zero-order valence-corrected chi connectivity index (χ0v) is 6.58. The molecule has 2 heterocycles. The van der Waals surface area contributed by atoms with Crippen LogP contribution in [0.3, 0.4) is 0 Å². The largest absolute Gasteiger partial charge is 0.372 e. The van der Waals surface area contributed by atoms with Gasteiger partial charge < -0.3 is 4.74 Å². The van der Waals surface area contributed by atoms with Crippen molar-refractivity contribution in [1.82, 2.24) is 14.8 Å². The summed E-state index contributed by atoms with van der Waals surface area (Å²) in [5, 5.41) is 4.29. The van der Waals surface area contributed by atoms with Crippen LogP contribution in [-0.4, -0.2) is 21.4 Å². The predicted octanol–water partition coefficient (Wildman–Crippen LogP) is 0.371. The third-order valence-electron chi connectivity index (χ3n) is 1.79. The Morgan fingerprint density at radius 3 is 3.27 bits per heavy atom. The van der Waals surface area contributed by atoms with Gasteiger partial charge in [0.1, 0.15) is 6.61 Å². The first kappa shape index (κ1) is 6.79. The van der Waals surface area contributed by atoms with Gasteiger partial charge in [-0.15, -0.1) is 0 Å². The normalized spacial score (nSPS) is 16.5. The van der Waals surface area contributed by atoms with Crippen LogP contribution in [0.5, 0.6) is 0 Å². The molecule has 0 unspecified atom stereocenters. The first-order valence-electron chi connectivity index (χ1n) is 3.90. The maximum absolute atomic E-state index is 5.23. The number of hydrogen-bond donors (Lipinski definition) is 0. The summed E-state index contributed by atoms with van der Waals surface area (Å²) in [5.41, 5.74) is 0. The van der Waals surface area contributed by atoms with Crippen molar-refractivity contribution in [3.63, 3.8) is 0 Å². The number of nitrogens with zero attached hydrogens (tertiary/aromatic N) is 3. The Hall–Kier alpha value is -0.900. The van der Waals surface area contributed by atoms with E-state index in [9.17, 15) is 0 Å². The van der Waals surface area contributed by atoms with Crippen molar-refractivity contribution < 1.29 is 4.74 Å². The highest BCUT2D eigenvalue weighted by molar-refractivity contribution is 4.92. The van der Waals surface area contributed by atoms with Gasteiger partial charge in [-0.3, -0.25) is 0 Å². The van der Waals surface area contributed by atoms with Crippen molar-refractivity contribution in [2.45, 2.75) is 26.5 Å². The molecule has 0 spiro atoms. The average molecular weight is 153 g/mol. The molecule has 4 heteroatoms. The van der Waals surface area contributed by atoms with Gasteiger partial charge in [0, 0.05) is 6.42 Å². The molecule has 1 aromatic rings. The monoisotopic (exact) mass is 153 g/mol. The summed E-state index contributed by atoms with van der Waals surface area (Å²) in [5.74, 6) is 1.89. The minimum Gasteiger partial charge on any atom is -0.372 e. The lowest BCUT2D eigenvalue weighted by atomic mass is 10.5. The summed E-state index contributed by atoms with van der Waals surface area (Å²) in [7, 11) is 0. The molecule has 11 heavy (non-hydrogen) atoms. The lowest BCUT2D eigenvalue weighted by Crippen LogP contribution is -2.17. The lowest BCUT2D eigenvalue weighted by Gasteiger charge is -2.11. The first-order valence-corrected chi connectivity index (χ1v) is 3.90. The number of fused-ring (bicyclic) bond motifs is 1. The van der Waals surface area contributed by atoms with Crippen LogP contribution in [0.2, 0.25) is 0 Å². The molecule has 0 saturated heterocycles. The summed E-state index contributed by atoms with van der Waals surface area (Å²) in [6, 6.07) is 0. The minimum absolute atomic E-state index is 0.618. The van der Waals surface area contributed by atoms with Gasteiger partial charge in [0.05, 0.1) is 13.2 Å². The quantitative estimate of drug-likeness (QED) is 0.585. The van der Waals surface area contributed by atoms with Crippen LogP contribution in [-0.2, 0) is 24.3 Å². The summed E-state index contributed by atoms with van der Waals surface area (Å²) < 4.78 is 7.16. The molecule has 0 N–H and O–H groups in total. The van der Waals surface area contributed by atoms with Gasteiger partial charge in [0.15, 0.2) is 11.6 Å². The lowest BCUT2D eigenvalue weighted by molar-refractivity contribution is 0.0769. The van der Waals surface area contributed by atoms with Crippen LogP contribution in [0.15, 0.2) is 0 Å². The zero-order valence-electron chi connectivity index (χ0n) is 6.58. The molecule has 4 nitrogen and oxygen atoms in total. The topological polar surface area (TPSA) is 39.9 Å². The maximum Gasteiger partial charge on any atom is 0.153 e. The van der Waals surface area contributed by atoms with Gasteiger partial charge >= 0.3 is 0 Å². The Kier molecular flexibility index (Phi) is 1.62. The molecule has 60 valence electrons. The van der Waals surface area contributed by atoms with Crippen molar-refractivity contribution in [2.24, 2.45) is 0 Å².